The molecule has 32 heavy (non-hydrogen) atoms. The highest BCUT2D eigenvalue weighted by molar-refractivity contribution is 5.89. The number of nitrogens with zero attached hydrogens (tertiary/aromatic N) is 2. The lowest BCUT2D eigenvalue weighted by atomic mass is 9.96. The minimum absolute atomic E-state index is 0.0998. The second-order valence-corrected chi connectivity index (χ2v) is 8.70. The van der Waals surface area contributed by atoms with Crippen molar-refractivity contribution >= 4 is 17.4 Å². The number of nitrogens with one attached hydrogen (secondary N) is 2. The summed E-state index contributed by atoms with van der Waals surface area (Å²) in [7, 11) is 4.09. The van der Waals surface area contributed by atoms with E-state index in [1.165, 1.54) is 22.4 Å². The van der Waals surface area contributed by atoms with Crippen molar-refractivity contribution in [2.75, 3.05) is 37.4 Å². The third-order valence-corrected chi connectivity index (χ3v) is 6.13. The Labute approximate surface area is 191 Å². The Kier molecular flexibility index (Phi) is 6.76. The van der Waals surface area contributed by atoms with Crippen molar-refractivity contribution in [1.29, 1.82) is 0 Å². The Balaban J connectivity index is 1.50. The van der Waals surface area contributed by atoms with E-state index in [0.717, 1.165) is 30.8 Å². The number of urea groups is 1. The molecule has 2 amide bonds. The molecule has 166 valence electrons. The van der Waals surface area contributed by atoms with Gasteiger partial charge in [0.15, 0.2) is 0 Å². The van der Waals surface area contributed by atoms with Crippen LogP contribution in [0.25, 0.3) is 0 Å². The van der Waals surface area contributed by atoms with Gasteiger partial charge in [0, 0.05) is 45.1 Å². The predicted molar refractivity (Wildman–Crippen MR) is 132 cm³/mol. The highest BCUT2D eigenvalue weighted by Crippen LogP contribution is 2.28. The molecule has 0 radical (unpaired) electrons. The van der Waals surface area contributed by atoms with Crippen molar-refractivity contribution in [2.24, 2.45) is 0 Å². The predicted octanol–water partition coefficient (Wildman–Crippen LogP) is 4.98. The molecule has 1 aliphatic rings. The van der Waals surface area contributed by atoms with Crippen LogP contribution in [0.15, 0.2) is 72.8 Å². The van der Waals surface area contributed by atoms with E-state index in [0.29, 0.717) is 6.54 Å². The molecule has 5 heteroatoms. The quantitative estimate of drug-likeness (QED) is 0.582. The van der Waals surface area contributed by atoms with Crippen LogP contribution in [0.2, 0.25) is 0 Å². The lowest BCUT2D eigenvalue weighted by Gasteiger charge is -2.36. The summed E-state index contributed by atoms with van der Waals surface area (Å²) >= 11 is 0. The zero-order valence-electron chi connectivity index (χ0n) is 19.1. The maximum absolute atomic E-state index is 12.6. The summed E-state index contributed by atoms with van der Waals surface area (Å²) in [5, 5.41) is 6.06. The molecule has 1 aliphatic heterocycles. The first kappa shape index (κ1) is 21.9. The normalized spacial score (nSPS) is 14.3. The number of amides is 2. The average Bonchev–Trinajstić information content (AvgIpc) is 2.79. The molecule has 3 aromatic carbocycles. The van der Waals surface area contributed by atoms with Gasteiger partial charge in [0.25, 0.3) is 0 Å². The largest absolute Gasteiger partial charge is 0.378 e. The monoisotopic (exact) mass is 428 g/mol. The topological polar surface area (TPSA) is 47.6 Å². The number of benzene rings is 3. The van der Waals surface area contributed by atoms with Gasteiger partial charge >= 0.3 is 6.03 Å². The summed E-state index contributed by atoms with van der Waals surface area (Å²) in [4.78, 5) is 17.2. The molecule has 1 atom stereocenters. The Morgan fingerprint density at radius 3 is 2.47 bits per heavy atom. The Bertz CT molecular complexity index is 1060. The molecule has 5 nitrogen and oxygen atoms in total. The van der Waals surface area contributed by atoms with E-state index in [4.69, 9.17) is 0 Å². The molecule has 0 fully saturated rings. The number of carbonyl (C=O) groups excluding carboxylic acids is 1. The molecule has 1 heterocycles. The summed E-state index contributed by atoms with van der Waals surface area (Å²) in [6.45, 7) is 4.42. The molecule has 0 bridgehead atoms. The second kappa shape index (κ2) is 9.88. The van der Waals surface area contributed by atoms with Gasteiger partial charge in [-0.1, -0.05) is 48.5 Å². The third kappa shape index (κ3) is 5.29. The number of rotatable bonds is 6. The van der Waals surface area contributed by atoms with Crippen LogP contribution in [-0.4, -0.2) is 38.1 Å². The summed E-state index contributed by atoms with van der Waals surface area (Å²) in [5.74, 6) is 0. The fraction of sp³-hybridized carbons (Fsp3) is 0.296. The van der Waals surface area contributed by atoms with Crippen LogP contribution in [0.3, 0.4) is 0 Å². The van der Waals surface area contributed by atoms with Crippen molar-refractivity contribution in [2.45, 2.75) is 25.9 Å². The summed E-state index contributed by atoms with van der Waals surface area (Å²) in [6, 6.07) is 25.1. The van der Waals surface area contributed by atoms with Gasteiger partial charge in [-0.15, -0.1) is 0 Å². The summed E-state index contributed by atoms with van der Waals surface area (Å²) in [5.41, 5.74) is 7.11. The molecule has 0 saturated heterocycles. The van der Waals surface area contributed by atoms with Gasteiger partial charge in [0.05, 0.1) is 6.04 Å². The average molecular weight is 429 g/mol. The number of hydrogen-bond donors (Lipinski definition) is 2. The van der Waals surface area contributed by atoms with E-state index in [1.54, 1.807) is 0 Å². The summed E-state index contributed by atoms with van der Waals surface area (Å²) in [6.07, 6.45) is 1.03. The van der Waals surface area contributed by atoms with Gasteiger partial charge in [-0.2, -0.15) is 0 Å². The van der Waals surface area contributed by atoms with Crippen LogP contribution in [0.4, 0.5) is 16.2 Å². The number of carbonyl (C=O) groups is 1. The first-order chi connectivity index (χ1) is 15.5. The molecule has 2 N–H and O–H groups in total. The van der Waals surface area contributed by atoms with Gasteiger partial charge in [0.2, 0.25) is 0 Å². The Morgan fingerprint density at radius 1 is 1.00 bits per heavy atom. The van der Waals surface area contributed by atoms with Crippen molar-refractivity contribution in [3.05, 3.63) is 95.1 Å². The van der Waals surface area contributed by atoms with E-state index in [2.05, 4.69) is 69.0 Å². The Morgan fingerprint density at radius 2 is 1.75 bits per heavy atom. The molecule has 0 aliphatic carbocycles. The van der Waals surface area contributed by atoms with Crippen LogP contribution in [0.1, 0.15) is 28.3 Å². The number of aryl methyl sites for hydroxylation is 1. The van der Waals surface area contributed by atoms with E-state index in [9.17, 15) is 4.79 Å². The molecule has 0 aromatic heterocycles. The van der Waals surface area contributed by atoms with Crippen LogP contribution < -0.4 is 15.5 Å². The highest BCUT2D eigenvalue weighted by Gasteiger charge is 2.25. The lowest BCUT2D eigenvalue weighted by molar-refractivity contribution is 0.175. The minimum atomic E-state index is -0.178. The van der Waals surface area contributed by atoms with Crippen molar-refractivity contribution in [3.63, 3.8) is 0 Å². The lowest BCUT2D eigenvalue weighted by Crippen LogP contribution is -2.41. The standard InChI is InChI=1S/C27H32N4O/c1-20-7-6-10-24(17-20)29-27(32)28-18-26(22-11-13-25(14-12-22)30(2)3)31-16-15-21-8-4-5-9-23(21)19-31/h4-14,17,26H,15-16,18-19H2,1-3H3,(H2,28,29,32)/t26-/m0/s1. The fourth-order valence-corrected chi connectivity index (χ4v) is 4.32. The van der Waals surface area contributed by atoms with Gasteiger partial charge in [-0.25, -0.2) is 4.79 Å². The maximum atomic E-state index is 12.6. The van der Waals surface area contributed by atoms with E-state index < -0.39 is 0 Å². The first-order valence-electron chi connectivity index (χ1n) is 11.2. The van der Waals surface area contributed by atoms with E-state index >= 15 is 0 Å². The number of fused-ring (bicyclic) bond motifs is 1. The molecule has 0 unspecified atom stereocenters. The van der Waals surface area contributed by atoms with Gasteiger partial charge in [-0.3, -0.25) is 4.90 Å². The molecular weight excluding hydrogens is 396 g/mol. The smallest absolute Gasteiger partial charge is 0.319 e. The minimum Gasteiger partial charge on any atom is -0.378 e. The van der Waals surface area contributed by atoms with Crippen molar-refractivity contribution in [3.8, 4) is 0 Å². The molecule has 3 aromatic rings. The van der Waals surface area contributed by atoms with Crippen LogP contribution in [0.5, 0.6) is 0 Å². The molecule has 0 spiro atoms. The number of anilines is 2. The molecular formula is C27H32N4O. The van der Waals surface area contributed by atoms with Crippen LogP contribution in [-0.2, 0) is 13.0 Å². The van der Waals surface area contributed by atoms with Crippen LogP contribution >= 0.6 is 0 Å². The first-order valence-corrected chi connectivity index (χ1v) is 11.2. The SMILES string of the molecule is Cc1cccc(NC(=O)NC[C@@H](c2ccc(N(C)C)cc2)N2CCc3ccccc3C2)c1. The maximum Gasteiger partial charge on any atom is 0.319 e. The fourth-order valence-electron chi connectivity index (χ4n) is 4.32. The van der Waals surface area contributed by atoms with Gasteiger partial charge in [0.1, 0.15) is 0 Å². The van der Waals surface area contributed by atoms with Crippen molar-refractivity contribution in [1.82, 2.24) is 10.2 Å². The van der Waals surface area contributed by atoms with Gasteiger partial charge < -0.3 is 15.5 Å². The molecule has 0 saturated carbocycles. The zero-order valence-corrected chi connectivity index (χ0v) is 19.1. The van der Waals surface area contributed by atoms with E-state index in [-0.39, 0.29) is 12.1 Å². The highest BCUT2D eigenvalue weighted by atomic mass is 16.2. The number of hydrogen-bond acceptors (Lipinski definition) is 3. The van der Waals surface area contributed by atoms with Crippen LogP contribution in [0, 0.1) is 6.92 Å². The van der Waals surface area contributed by atoms with Gasteiger partial charge in [-0.05, 0) is 59.9 Å². The van der Waals surface area contributed by atoms with Crippen molar-refractivity contribution < 1.29 is 4.79 Å². The third-order valence-electron chi connectivity index (χ3n) is 6.13. The van der Waals surface area contributed by atoms with E-state index in [1.807, 2.05) is 45.3 Å². The second-order valence-electron chi connectivity index (χ2n) is 8.70. The Hall–Kier alpha value is -3.31. The zero-order chi connectivity index (χ0) is 22.5. The molecule has 4 rings (SSSR count). The summed E-state index contributed by atoms with van der Waals surface area (Å²) < 4.78 is 0.